The van der Waals surface area contributed by atoms with Gasteiger partial charge in [-0.3, -0.25) is 4.98 Å². The molecule has 3 heteroatoms. The summed E-state index contributed by atoms with van der Waals surface area (Å²) in [6.45, 7) is 0. The second kappa shape index (κ2) is 3.75. The molecule has 0 amide bonds. The molecule has 2 rings (SSSR count). The number of pyridine rings is 1. The molecular weight excluding hydrogens is 166 g/mol. The quantitative estimate of drug-likeness (QED) is 0.745. The van der Waals surface area contributed by atoms with Gasteiger partial charge in [0.05, 0.1) is 12.3 Å². The highest BCUT2D eigenvalue weighted by molar-refractivity contribution is 5.16. The van der Waals surface area contributed by atoms with Gasteiger partial charge in [-0.2, -0.15) is 0 Å². The van der Waals surface area contributed by atoms with E-state index in [1.54, 1.807) is 12.4 Å². The van der Waals surface area contributed by atoms with Gasteiger partial charge in [0.15, 0.2) is 0 Å². The minimum absolute atomic E-state index is 0.0378. The Bertz CT molecular complexity index is 263. The van der Waals surface area contributed by atoms with Crippen molar-refractivity contribution >= 4 is 0 Å². The molecule has 0 bridgehead atoms. The number of aliphatic hydroxyl groups is 1. The van der Waals surface area contributed by atoms with Crippen LogP contribution in [0, 0.1) is 0 Å². The molecule has 1 aromatic heterocycles. The second-order valence-corrected chi connectivity index (χ2v) is 3.34. The molecular formula is C10H13NO2. The van der Waals surface area contributed by atoms with Crippen molar-refractivity contribution < 1.29 is 9.84 Å². The maximum absolute atomic E-state index is 9.50. The van der Waals surface area contributed by atoms with Crippen molar-refractivity contribution in [1.82, 2.24) is 4.98 Å². The number of hydrogen-bond acceptors (Lipinski definition) is 3. The third kappa shape index (κ3) is 1.98. The summed E-state index contributed by atoms with van der Waals surface area (Å²) in [6.07, 6.45) is 5.88. The fourth-order valence-corrected chi connectivity index (χ4v) is 1.64. The average molecular weight is 179 g/mol. The Morgan fingerprint density at radius 1 is 1.46 bits per heavy atom. The lowest BCUT2D eigenvalue weighted by atomic mass is 10.2. The van der Waals surface area contributed by atoms with Crippen LogP contribution in [-0.2, 0) is 0 Å². The monoisotopic (exact) mass is 179 g/mol. The summed E-state index contributed by atoms with van der Waals surface area (Å²) in [4.78, 5) is 3.95. The molecule has 1 aliphatic carbocycles. The first-order chi connectivity index (χ1) is 6.36. The SMILES string of the molecule is O[C@H]1CCC[C@@H]1Oc1cccnc1. The van der Waals surface area contributed by atoms with Crippen molar-refractivity contribution in [3.05, 3.63) is 24.5 Å². The van der Waals surface area contributed by atoms with E-state index < -0.39 is 0 Å². The molecule has 13 heavy (non-hydrogen) atoms. The van der Waals surface area contributed by atoms with Crippen LogP contribution in [0.25, 0.3) is 0 Å². The maximum Gasteiger partial charge on any atom is 0.138 e. The molecule has 1 aliphatic rings. The van der Waals surface area contributed by atoms with E-state index in [0.29, 0.717) is 0 Å². The third-order valence-corrected chi connectivity index (χ3v) is 2.34. The largest absolute Gasteiger partial charge is 0.486 e. The van der Waals surface area contributed by atoms with E-state index in [2.05, 4.69) is 4.98 Å². The highest BCUT2D eigenvalue weighted by atomic mass is 16.5. The Balaban J connectivity index is 1.98. The lowest BCUT2D eigenvalue weighted by molar-refractivity contribution is 0.0602. The van der Waals surface area contributed by atoms with Gasteiger partial charge in [-0.15, -0.1) is 0 Å². The molecule has 1 heterocycles. The summed E-state index contributed by atoms with van der Waals surface area (Å²) in [5.74, 6) is 0.744. The summed E-state index contributed by atoms with van der Waals surface area (Å²) in [5.41, 5.74) is 0. The lowest BCUT2D eigenvalue weighted by Gasteiger charge is -2.16. The van der Waals surface area contributed by atoms with Gasteiger partial charge in [-0.05, 0) is 31.4 Å². The zero-order valence-electron chi connectivity index (χ0n) is 7.39. The Kier molecular flexibility index (Phi) is 2.45. The van der Waals surface area contributed by atoms with Gasteiger partial charge in [0, 0.05) is 6.20 Å². The highest BCUT2D eigenvalue weighted by Gasteiger charge is 2.26. The third-order valence-electron chi connectivity index (χ3n) is 2.34. The van der Waals surface area contributed by atoms with Crippen LogP contribution in [0.4, 0.5) is 0 Å². The van der Waals surface area contributed by atoms with Crippen molar-refractivity contribution in [1.29, 1.82) is 0 Å². The van der Waals surface area contributed by atoms with Crippen LogP contribution >= 0.6 is 0 Å². The molecule has 0 spiro atoms. The zero-order valence-corrected chi connectivity index (χ0v) is 7.39. The van der Waals surface area contributed by atoms with Gasteiger partial charge in [0.2, 0.25) is 0 Å². The number of aliphatic hydroxyl groups excluding tert-OH is 1. The molecule has 0 aromatic carbocycles. The average Bonchev–Trinajstić information content (AvgIpc) is 2.54. The first-order valence-corrected chi connectivity index (χ1v) is 4.61. The van der Waals surface area contributed by atoms with Crippen molar-refractivity contribution in [3.8, 4) is 5.75 Å². The van der Waals surface area contributed by atoms with E-state index in [1.165, 1.54) is 0 Å². The molecule has 3 nitrogen and oxygen atoms in total. The van der Waals surface area contributed by atoms with Gasteiger partial charge in [-0.1, -0.05) is 0 Å². The van der Waals surface area contributed by atoms with Crippen molar-refractivity contribution in [2.45, 2.75) is 31.5 Å². The number of rotatable bonds is 2. The van der Waals surface area contributed by atoms with Crippen molar-refractivity contribution in [2.75, 3.05) is 0 Å². The van der Waals surface area contributed by atoms with Crippen molar-refractivity contribution in [3.63, 3.8) is 0 Å². The van der Waals surface area contributed by atoms with E-state index in [1.807, 2.05) is 12.1 Å². The minimum atomic E-state index is -0.305. The van der Waals surface area contributed by atoms with Crippen LogP contribution in [0.2, 0.25) is 0 Å². The molecule has 0 radical (unpaired) electrons. The predicted molar refractivity (Wildman–Crippen MR) is 48.5 cm³/mol. The Morgan fingerprint density at radius 3 is 3.00 bits per heavy atom. The van der Waals surface area contributed by atoms with E-state index in [0.717, 1.165) is 25.0 Å². The molecule has 70 valence electrons. The van der Waals surface area contributed by atoms with E-state index in [4.69, 9.17) is 4.74 Å². The Hall–Kier alpha value is -1.09. The molecule has 2 atom stereocenters. The van der Waals surface area contributed by atoms with E-state index >= 15 is 0 Å². The van der Waals surface area contributed by atoms with Gasteiger partial charge in [-0.25, -0.2) is 0 Å². The maximum atomic E-state index is 9.50. The second-order valence-electron chi connectivity index (χ2n) is 3.34. The molecule has 1 fully saturated rings. The molecule has 1 N–H and O–H groups in total. The first kappa shape index (κ1) is 8.51. The summed E-state index contributed by atoms with van der Waals surface area (Å²) < 4.78 is 5.58. The summed E-state index contributed by atoms with van der Waals surface area (Å²) >= 11 is 0. The number of aromatic nitrogens is 1. The fourth-order valence-electron chi connectivity index (χ4n) is 1.64. The smallest absolute Gasteiger partial charge is 0.138 e. The fraction of sp³-hybridized carbons (Fsp3) is 0.500. The minimum Gasteiger partial charge on any atom is -0.486 e. The van der Waals surface area contributed by atoms with Crippen LogP contribution in [0.3, 0.4) is 0 Å². The predicted octanol–water partition coefficient (Wildman–Crippen LogP) is 1.37. The van der Waals surface area contributed by atoms with E-state index in [9.17, 15) is 5.11 Å². The highest BCUT2D eigenvalue weighted by Crippen LogP contribution is 2.23. The van der Waals surface area contributed by atoms with Crippen molar-refractivity contribution in [2.24, 2.45) is 0 Å². The molecule has 0 unspecified atom stereocenters. The Labute approximate surface area is 77.4 Å². The van der Waals surface area contributed by atoms with Gasteiger partial charge in [0.25, 0.3) is 0 Å². The van der Waals surface area contributed by atoms with Crippen LogP contribution < -0.4 is 4.74 Å². The normalized spacial score (nSPS) is 27.5. The zero-order chi connectivity index (χ0) is 9.10. The molecule has 1 aromatic rings. The number of hydrogen-bond donors (Lipinski definition) is 1. The van der Waals surface area contributed by atoms with Crippen LogP contribution in [-0.4, -0.2) is 22.3 Å². The molecule has 1 saturated carbocycles. The summed E-state index contributed by atoms with van der Waals surface area (Å²) in [7, 11) is 0. The van der Waals surface area contributed by atoms with Crippen LogP contribution in [0.5, 0.6) is 5.75 Å². The van der Waals surface area contributed by atoms with Crippen LogP contribution in [0.15, 0.2) is 24.5 Å². The van der Waals surface area contributed by atoms with Gasteiger partial charge < -0.3 is 9.84 Å². The number of ether oxygens (including phenoxy) is 1. The summed E-state index contributed by atoms with van der Waals surface area (Å²) in [5, 5.41) is 9.50. The number of nitrogens with zero attached hydrogens (tertiary/aromatic N) is 1. The van der Waals surface area contributed by atoms with Gasteiger partial charge in [0.1, 0.15) is 11.9 Å². The standard InChI is InChI=1S/C10H13NO2/c12-9-4-1-5-10(9)13-8-3-2-6-11-7-8/h2-3,6-7,9-10,12H,1,4-5H2/t9-,10-/m0/s1. The topological polar surface area (TPSA) is 42.4 Å². The van der Waals surface area contributed by atoms with Crippen LogP contribution in [0.1, 0.15) is 19.3 Å². The lowest BCUT2D eigenvalue weighted by Crippen LogP contribution is -2.25. The van der Waals surface area contributed by atoms with E-state index in [-0.39, 0.29) is 12.2 Å². The summed E-state index contributed by atoms with van der Waals surface area (Å²) in [6, 6.07) is 3.69. The van der Waals surface area contributed by atoms with Gasteiger partial charge >= 0.3 is 0 Å². The Morgan fingerprint density at radius 2 is 2.38 bits per heavy atom. The first-order valence-electron chi connectivity index (χ1n) is 4.61. The molecule has 0 saturated heterocycles. The molecule has 0 aliphatic heterocycles.